The van der Waals surface area contributed by atoms with Crippen molar-refractivity contribution in [1.82, 2.24) is 20.4 Å². The first-order chi connectivity index (χ1) is 10.3. The lowest BCUT2D eigenvalue weighted by molar-refractivity contribution is 0.0470. The molecule has 122 valence electrons. The molecule has 0 aromatic carbocycles. The van der Waals surface area contributed by atoms with Crippen LogP contribution in [0.3, 0.4) is 0 Å². The van der Waals surface area contributed by atoms with Crippen LogP contribution in [0.4, 0.5) is 4.79 Å². The summed E-state index contributed by atoms with van der Waals surface area (Å²) in [4.78, 5) is 14.1. The van der Waals surface area contributed by atoms with E-state index in [4.69, 9.17) is 16.3 Å². The molecule has 0 bridgehead atoms. The molecular formula is C15H23ClN4O2. The minimum Gasteiger partial charge on any atom is -0.444 e. The summed E-state index contributed by atoms with van der Waals surface area (Å²) < 4.78 is 5.30. The van der Waals surface area contributed by atoms with Gasteiger partial charge in [0.1, 0.15) is 5.60 Å². The monoisotopic (exact) mass is 326 g/mol. The second-order valence-corrected chi connectivity index (χ2v) is 6.96. The molecule has 0 spiro atoms. The number of hydrogen-bond acceptors (Lipinski definition) is 5. The lowest BCUT2D eigenvalue weighted by Gasteiger charge is -2.33. The molecule has 1 fully saturated rings. The molecule has 2 rings (SSSR count). The van der Waals surface area contributed by atoms with Crippen LogP contribution < -0.4 is 5.32 Å². The molecule has 1 aliphatic rings. The summed E-state index contributed by atoms with van der Waals surface area (Å²) in [6.07, 6.45) is 1.63. The zero-order valence-corrected chi connectivity index (χ0v) is 14.1. The van der Waals surface area contributed by atoms with Crippen molar-refractivity contribution in [2.24, 2.45) is 0 Å². The Balaban J connectivity index is 1.83. The summed E-state index contributed by atoms with van der Waals surface area (Å²) in [7, 11) is 0. The van der Waals surface area contributed by atoms with E-state index in [1.165, 1.54) is 0 Å². The topological polar surface area (TPSA) is 67.3 Å². The number of amides is 1. The lowest BCUT2D eigenvalue weighted by atomic mass is 10.1. The molecule has 1 amide bonds. The van der Waals surface area contributed by atoms with Crippen molar-refractivity contribution in [2.45, 2.75) is 51.8 Å². The molecule has 0 unspecified atom stereocenters. The van der Waals surface area contributed by atoms with Gasteiger partial charge < -0.3 is 10.1 Å². The van der Waals surface area contributed by atoms with Crippen LogP contribution in [-0.2, 0) is 11.3 Å². The van der Waals surface area contributed by atoms with Crippen LogP contribution >= 0.6 is 11.6 Å². The number of hydrogen-bond donors (Lipinski definition) is 1. The summed E-state index contributed by atoms with van der Waals surface area (Å²) in [6.45, 7) is 8.05. The van der Waals surface area contributed by atoms with Gasteiger partial charge >= 0.3 is 6.09 Å². The van der Waals surface area contributed by atoms with Gasteiger partial charge in [0.2, 0.25) is 0 Å². The van der Waals surface area contributed by atoms with Gasteiger partial charge in [-0.2, -0.15) is 5.10 Å². The molecule has 1 atom stereocenters. The van der Waals surface area contributed by atoms with Crippen LogP contribution in [0.1, 0.15) is 39.3 Å². The molecule has 1 aromatic heterocycles. The third-order valence-electron chi connectivity index (χ3n) is 3.30. The van der Waals surface area contributed by atoms with Crippen molar-refractivity contribution in [1.29, 1.82) is 0 Å². The van der Waals surface area contributed by atoms with Crippen LogP contribution in [0.15, 0.2) is 12.1 Å². The minimum absolute atomic E-state index is 0.101. The largest absolute Gasteiger partial charge is 0.444 e. The van der Waals surface area contributed by atoms with Crippen molar-refractivity contribution in [3.63, 3.8) is 0 Å². The summed E-state index contributed by atoms with van der Waals surface area (Å²) in [5, 5.41) is 11.3. The molecular weight excluding hydrogens is 304 g/mol. The molecule has 22 heavy (non-hydrogen) atoms. The Bertz CT molecular complexity index is 501. The third-order valence-corrected chi connectivity index (χ3v) is 3.50. The maximum atomic E-state index is 11.8. The van der Waals surface area contributed by atoms with Gasteiger partial charge in [0.15, 0.2) is 5.15 Å². The number of piperidine rings is 1. The maximum Gasteiger partial charge on any atom is 0.407 e. The van der Waals surface area contributed by atoms with Crippen molar-refractivity contribution >= 4 is 17.7 Å². The molecule has 0 aliphatic carbocycles. The Morgan fingerprint density at radius 2 is 2.23 bits per heavy atom. The fourth-order valence-electron chi connectivity index (χ4n) is 2.45. The highest BCUT2D eigenvalue weighted by Gasteiger charge is 2.24. The van der Waals surface area contributed by atoms with E-state index in [1.54, 1.807) is 6.07 Å². The van der Waals surface area contributed by atoms with Crippen LogP contribution in [0, 0.1) is 0 Å². The van der Waals surface area contributed by atoms with Gasteiger partial charge in [0.05, 0.1) is 5.69 Å². The second kappa shape index (κ2) is 7.24. The highest BCUT2D eigenvalue weighted by molar-refractivity contribution is 6.29. The predicted molar refractivity (Wildman–Crippen MR) is 84.7 cm³/mol. The zero-order chi connectivity index (χ0) is 16.2. The van der Waals surface area contributed by atoms with Gasteiger partial charge in [-0.15, -0.1) is 5.10 Å². The molecule has 1 N–H and O–H groups in total. The van der Waals surface area contributed by atoms with Gasteiger partial charge in [0, 0.05) is 19.1 Å². The Morgan fingerprint density at radius 3 is 2.86 bits per heavy atom. The van der Waals surface area contributed by atoms with Crippen LogP contribution in [0.2, 0.25) is 5.15 Å². The standard InChI is InChI=1S/C15H23ClN4O2/c1-15(2,3)22-14(21)17-11-5-4-8-20(9-11)10-12-6-7-13(16)19-18-12/h6-7,11H,4-5,8-10H2,1-3H3,(H,17,21)/t11-/m1/s1. The number of halogens is 1. The van der Waals surface area contributed by atoms with Gasteiger partial charge in [-0.3, -0.25) is 4.90 Å². The molecule has 1 aromatic rings. The van der Waals surface area contributed by atoms with Crippen molar-refractivity contribution in [3.8, 4) is 0 Å². The average Bonchev–Trinajstić information content (AvgIpc) is 2.39. The van der Waals surface area contributed by atoms with Crippen molar-refractivity contribution in [2.75, 3.05) is 13.1 Å². The molecule has 7 heteroatoms. The first-order valence-electron chi connectivity index (χ1n) is 7.52. The number of nitrogens with one attached hydrogen (secondary N) is 1. The number of aromatic nitrogens is 2. The van der Waals surface area contributed by atoms with Crippen molar-refractivity contribution < 1.29 is 9.53 Å². The normalized spacial score (nSPS) is 19.7. The predicted octanol–water partition coefficient (Wildman–Crippen LogP) is 2.62. The molecule has 0 radical (unpaired) electrons. The van der Waals surface area contributed by atoms with Crippen LogP contribution in [-0.4, -0.2) is 45.9 Å². The SMILES string of the molecule is CC(C)(C)OC(=O)N[C@@H]1CCCN(Cc2ccc(Cl)nn2)C1. The Hall–Kier alpha value is -1.40. The van der Waals surface area contributed by atoms with E-state index in [0.717, 1.165) is 31.6 Å². The fourth-order valence-corrected chi connectivity index (χ4v) is 2.55. The average molecular weight is 327 g/mol. The highest BCUT2D eigenvalue weighted by atomic mass is 35.5. The van der Waals surface area contributed by atoms with Crippen LogP contribution in [0.5, 0.6) is 0 Å². The summed E-state index contributed by atoms with van der Waals surface area (Å²) in [5.41, 5.74) is 0.402. The molecule has 1 aliphatic heterocycles. The number of ether oxygens (including phenoxy) is 1. The highest BCUT2D eigenvalue weighted by Crippen LogP contribution is 2.14. The molecule has 2 heterocycles. The molecule has 0 saturated carbocycles. The van der Waals surface area contributed by atoms with E-state index in [9.17, 15) is 4.79 Å². The smallest absolute Gasteiger partial charge is 0.407 e. The Kier molecular flexibility index (Phi) is 5.58. The van der Waals surface area contributed by atoms with Gasteiger partial charge in [-0.05, 0) is 52.3 Å². The number of likely N-dealkylation sites (tertiary alicyclic amines) is 1. The van der Waals surface area contributed by atoms with E-state index in [0.29, 0.717) is 11.7 Å². The molecule has 6 nitrogen and oxygen atoms in total. The van der Waals surface area contributed by atoms with Gasteiger partial charge in [-0.25, -0.2) is 4.79 Å². The lowest BCUT2D eigenvalue weighted by Crippen LogP contribution is -2.48. The van der Waals surface area contributed by atoms with Crippen LogP contribution in [0.25, 0.3) is 0 Å². The number of alkyl carbamates (subject to hydrolysis) is 1. The number of carbonyl (C=O) groups excluding carboxylic acids is 1. The number of rotatable bonds is 3. The first kappa shape index (κ1) is 17.0. The second-order valence-electron chi connectivity index (χ2n) is 6.57. The fraction of sp³-hybridized carbons (Fsp3) is 0.667. The summed E-state index contributed by atoms with van der Waals surface area (Å²) >= 11 is 5.74. The maximum absolute atomic E-state index is 11.8. The van der Waals surface area contributed by atoms with Crippen molar-refractivity contribution in [3.05, 3.63) is 23.0 Å². The third kappa shape index (κ3) is 5.77. The van der Waals surface area contributed by atoms with E-state index >= 15 is 0 Å². The summed E-state index contributed by atoms with van der Waals surface area (Å²) in [6, 6.07) is 3.72. The Morgan fingerprint density at radius 1 is 1.45 bits per heavy atom. The Labute approximate surface area is 136 Å². The first-order valence-corrected chi connectivity index (χ1v) is 7.89. The van der Waals surface area contributed by atoms with E-state index in [-0.39, 0.29) is 12.1 Å². The van der Waals surface area contributed by atoms with E-state index < -0.39 is 5.60 Å². The number of nitrogens with zero attached hydrogens (tertiary/aromatic N) is 3. The van der Waals surface area contributed by atoms with Gasteiger partial charge in [0.25, 0.3) is 0 Å². The quantitative estimate of drug-likeness (QED) is 0.924. The minimum atomic E-state index is -0.475. The molecule has 1 saturated heterocycles. The number of carbonyl (C=O) groups is 1. The zero-order valence-electron chi connectivity index (χ0n) is 13.3. The van der Waals surface area contributed by atoms with Gasteiger partial charge in [-0.1, -0.05) is 11.6 Å². The summed E-state index contributed by atoms with van der Waals surface area (Å²) in [5.74, 6) is 0. The van der Waals surface area contributed by atoms with E-state index in [2.05, 4.69) is 20.4 Å². The van der Waals surface area contributed by atoms with E-state index in [1.807, 2.05) is 26.8 Å².